The molecule has 1 aromatic heterocycles. The third-order valence-corrected chi connectivity index (χ3v) is 7.64. The number of nitrogens with zero attached hydrogens (tertiary/aromatic N) is 1. The summed E-state index contributed by atoms with van der Waals surface area (Å²) < 4.78 is 5.10. The lowest BCUT2D eigenvalue weighted by atomic mass is 9.92. The molecule has 2 atom stereocenters. The van der Waals surface area contributed by atoms with Crippen LogP contribution in [-0.4, -0.2) is 48.5 Å². The first kappa shape index (κ1) is 29.8. The summed E-state index contributed by atoms with van der Waals surface area (Å²) in [6.07, 6.45) is 4.60. The number of esters is 1. The third-order valence-electron chi connectivity index (χ3n) is 7.64. The van der Waals surface area contributed by atoms with Gasteiger partial charge in [-0.2, -0.15) is 0 Å². The number of nitrogens with one attached hydrogen (secondary N) is 2. The molecule has 0 aliphatic carbocycles. The molecule has 0 aliphatic heterocycles. The van der Waals surface area contributed by atoms with E-state index in [9.17, 15) is 9.59 Å². The van der Waals surface area contributed by atoms with Crippen molar-refractivity contribution in [1.29, 1.82) is 0 Å². The van der Waals surface area contributed by atoms with Crippen LogP contribution in [0.1, 0.15) is 42.0 Å². The number of carbonyl (C=O) groups excluding carboxylic acids is 2. The van der Waals surface area contributed by atoms with Crippen molar-refractivity contribution in [3.05, 3.63) is 114 Å². The van der Waals surface area contributed by atoms with Gasteiger partial charge < -0.3 is 19.9 Å². The van der Waals surface area contributed by atoms with Crippen LogP contribution < -0.4 is 5.32 Å². The first-order chi connectivity index (χ1) is 19.9. The molecule has 41 heavy (non-hydrogen) atoms. The zero-order valence-corrected chi connectivity index (χ0v) is 24.4. The van der Waals surface area contributed by atoms with Gasteiger partial charge in [0.05, 0.1) is 7.11 Å². The van der Waals surface area contributed by atoms with Crippen LogP contribution >= 0.6 is 0 Å². The number of benzene rings is 3. The summed E-state index contributed by atoms with van der Waals surface area (Å²) in [7, 11) is 3.30. The number of hydrogen-bond donors (Lipinski definition) is 2. The number of hydrogen-bond acceptors (Lipinski definition) is 4. The molecule has 0 bridgehead atoms. The van der Waals surface area contributed by atoms with E-state index in [1.807, 2.05) is 73.6 Å². The lowest BCUT2D eigenvalue weighted by molar-refractivity contribution is -0.143. The standard InChI is InChI=1S/C35H41N3O3/c1-25(2)30-17-9-8-15-28(30)24-38(3)34(39)27(21-26-13-6-5-7-14-26)16-12-20-36-33(35(40)41-4)22-29-23-37-32-19-11-10-18-31(29)32/h5-11,13-15,17-19,23,27,33,36-37H,1,12,16,20-22,24H2,2-4H3. The molecule has 214 valence electrons. The summed E-state index contributed by atoms with van der Waals surface area (Å²) in [5.41, 5.74) is 6.41. The fourth-order valence-electron chi connectivity index (χ4n) is 5.46. The van der Waals surface area contributed by atoms with Crippen LogP contribution in [0.4, 0.5) is 0 Å². The van der Waals surface area contributed by atoms with E-state index in [1.165, 1.54) is 7.11 Å². The highest BCUT2D eigenvalue weighted by molar-refractivity contribution is 5.84. The quantitative estimate of drug-likeness (QED) is 0.145. The van der Waals surface area contributed by atoms with Gasteiger partial charge in [-0.15, -0.1) is 0 Å². The van der Waals surface area contributed by atoms with Crippen LogP contribution in [0, 0.1) is 5.92 Å². The van der Waals surface area contributed by atoms with Crippen molar-refractivity contribution in [1.82, 2.24) is 15.2 Å². The zero-order valence-electron chi connectivity index (χ0n) is 24.4. The van der Waals surface area contributed by atoms with Crippen molar-refractivity contribution in [3.63, 3.8) is 0 Å². The Labute approximate surface area is 243 Å². The van der Waals surface area contributed by atoms with Gasteiger partial charge in [0.2, 0.25) is 5.91 Å². The van der Waals surface area contributed by atoms with Gasteiger partial charge in [0, 0.05) is 43.0 Å². The molecule has 0 saturated carbocycles. The monoisotopic (exact) mass is 551 g/mol. The summed E-state index contributed by atoms with van der Waals surface area (Å²) in [6.45, 7) is 7.23. The SMILES string of the molecule is C=C(C)c1ccccc1CN(C)C(=O)C(CCCNC(Cc1c[nH]c2ccccc12)C(=O)OC)Cc1ccccc1. The second-order valence-corrected chi connectivity index (χ2v) is 10.8. The molecule has 2 N–H and O–H groups in total. The number of aromatic nitrogens is 1. The Morgan fingerprint density at radius 2 is 1.66 bits per heavy atom. The Morgan fingerprint density at radius 3 is 2.41 bits per heavy atom. The lowest BCUT2D eigenvalue weighted by Gasteiger charge is -2.25. The molecule has 0 fully saturated rings. The normalized spacial score (nSPS) is 12.6. The Balaban J connectivity index is 1.41. The van der Waals surface area contributed by atoms with Gasteiger partial charge in [-0.05, 0) is 61.1 Å². The van der Waals surface area contributed by atoms with E-state index in [2.05, 4.69) is 47.2 Å². The molecule has 2 unspecified atom stereocenters. The Kier molecular flexibility index (Phi) is 10.5. The van der Waals surface area contributed by atoms with Crippen molar-refractivity contribution in [3.8, 4) is 0 Å². The number of fused-ring (bicyclic) bond motifs is 1. The van der Waals surface area contributed by atoms with Crippen LogP contribution in [-0.2, 0) is 33.7 Å². The summed E-state index contributed by atoms with van der Waals surface area (Å²) >= 11 is 0. The maximum Gasteiger partial charge on any atom is 0.323 e. The van der Waals surface area contributed by atoms with Gasteiger partial charge in [-0.1, -0.05) is 84.9 Å². The smallest absolute Gasteiger partial charge is 0.323 e. The minimum atomic E-state index is -0.469. The lowest BCUT2D eigenvalue weighted by Crippen LogP contribution is -2.40. The van der Waals surface area contributed by atoms with Crippen molar-refractivity contribution >= 4 is 28.4 Å². The average molecular weight is 552 g/mol. The molecule has 1 amide bonds. The molecular formula is C35H41N3O3. The number of carbonyl (C=O) groups is 2. The molecule has 6 nitrogen and oxygen atoms in total. The fourth-order valence-corrected chi connectivity index (χ4v) is 5.46. The maximum atomic E-state index is 13.8. The number of allylic oxidation sites excluding steroid dienone is 1. The number of rotatable bonds is 14. The van der Waals surface area contributed by atoms with Crippen LogP contribution in [0.15, 0.2) is 91.6 Å². The van der Waals surface area contributed by atoms with E-state index >= 15 is 0 Å². The van der Waals surface area contributed by atoms with E-state index in [0.29, 0.717) is 32.4 Å². The number of methoxy groups -OCH3 is 1. The maximum absolute atomic E-state index is 13.8. The third kappa shape index (κ3) is 7.95. The van der Waals surface area contributed by atoms with Gasteiger partial charge >= 0.3 is 5.97 Å². The minimum absolute atomic E-state index is 0.119. The number of para-hydroxylation sites is 1. The van der Waals surface area contributed by atoms with E-state index < -0.39 is 6.04 Å². The molecule has 0 radical (unpaired) electrons. The molecule has 4 aromatic rings. The number of H-pyrrole nitrogens is 1. The van der Waals surface area contributed by atoms with Crippen LogP contribution in [0.3, 0.4) is 0 Å². The van der Waals surface area contributed by atoms with E-state index in [0.717, 1.165) is 45.2 Å². The Hall–Kier alpha value is -4.16. The van der Waals surface area contributed by atoms with Gasteiger partial charge in [-0.25, -0.2) is 0 Å². The second-order valence-electron chi connectivity index (χ2n) is 10.8. The highest BCUT2D eigenvalue weighted by atomic mass is 16.5. The summed E-state index contributed by atoms with van der Waals surface area (Å²) in [5, 5.41) is 4.50. The number of aromatic amines is 1. The van der Waals surface area contributed by atoms with Crippen molar-refractivity contribution < 1.29 is 14.3 Å². The summed E-state index contributed by atoms with van der Waals surface area (Å²) in [4.78, 5) is 31.5. The molecule has 6 heteroatoms. The van der Waals surface area contributed by atoms with Crippen molar-refractivity contribution in [2.75, 3.05) is 20.7 Å². The van der Waals surface area contributed by atoms with Crippen molar-refractivity contribution in [2.45, 2.75) is 45.2 Å². The summed E-state index contributed by atoms with van der Waals surface area (Å²) in [5.74, 6) is -0.344. The zero-order chi connectivity index (χ0) is 29.2. The highest BCUT2D eigenvalue weighted by Crippen LogP contribution is 2.23. The number of ether oxygens (including phenoxy) is 1. The van der Waals surface area contributed by atoms with E-state index in [1.54, 1.807) is 0 Å². The van der Waals surface area contributed by atoms with Gasteiger partial charge in [0.15, 0.2) is 0 Å². The highest BCUT2D eigenvalue weighted by Gasteiger charge is 2.24. The fraction of sp³-hybridized carbons (Fsp3) is 0.314. The topological polar surface area (TPSA) is 74.4 Å². The molecule has 1 heterocycles. The van der Waals surface area contributed by atoms with Crippen molar-refractivity contribution in [2.24, 2.45) is 5.92 Å². The molecule has 0 spiro atoms. The predicted octanol–water partition coefficient (Wildman–Crippen LogP) is 6.17. The first-order valence-electron chi connectivity index (χ1n) is 14.3. The Morgan fingerprint density at radius 1 is 0.951 bits per heavy atom. The molecule has 3 aromatic carbocycles. The van der Waals surface area contributed by atoms with Gasteiger partial charge in [0.25, 0.3) is 0 Å². The first-order valence-corrected chi connectivity index (χ1v) is 14.3. The van der Waals surface area contributed by atoms with Gasteiger partial charge in [-0.3, -0.25) is 9.59 Å². The molecule has 0 saturated heterocycles. The van der Waals surface area contributed by atoms with E-state index in [-0.39, 0.29) is 17.8 Å². The molecule has 4 rings (SSSR count). The second kappa shape index (κ2) is 14.5. The van der Waals surface area contributed by atoms with Crippen LogP contribution in [0.5, 0.6) is 0 Å². The van der Waals surface area contributed by atoms with Crippen LogP contribution in [0.2, 0.25) is 0 Å². The molecule has 0 aliphatic rings. The average Bonchev–Trinajstić information content (AvgIpc) is 3.40. The Bertz CT molecular complexity index is 1460. The largest absolute Gasteiger partial charge is 0.468 e. The van der Waals surface area contributed by atoms with Gasteiger partial charge in [0.1, 0.15) is 6.04 Å². The number of amides is 1. The summed E-state index contributed by atoms with van der Waals surface area (Å²) in [6, 6.07) is 25.9. The predicted molar refractivity (Wildman–Crippen MR) is 166 cm³/mol. The van der Waals surface area contributed by atoms with Crippen LogP contribution in [0.25, 0.3) is 16.5 Å². The van der Waals surface area contributed by atoms with E-state index in [4.69, 9.17) is 4.74 Å². The molecular weight excluding hydrogens is 510 g/mol. The minimum Gasteiger partial charge on any atom is -0.468 e.